The molecule has 0 unspecified atom stereocenters. The van der Waals surface area contributed by atoms with Crippen LogP contribution in [0, 0.1) is 0 Å². The van der Waals surface area contributed by atoms with Gasteiger partial charge < -0.3 is 5.73 Å². The van der Waals surface area contributed by atoms with Crippen molar-refractivity contribution in [1.82, 2.24) is 19.7 Å². The summed E-state index contributed by atoms with van der Waals surface area (Å²) in [7, 11) is 0. The Morgan fingerprint density at radius 1 is 1.21 bits per heavy atom. The second-order valence-electron chi connectivity index (χ2n) is 5.28. The molecular weight excluding hydrogens is 322 g/mol. The molecule has 1 aromatic carbocycles. The Bertz CT molecular complexity index is 820. The normalized spacial score (nSPS) is 12.0. The number of primary amides is 1. The van der Waals surface area contributed by atoms with E-state index in [9.17, 15) is 4.79 Å². The largest absolute Gasteiger partial charge is 0.369 e. The zero-order chi connectivity index (χ0) is 16.9. The predicted octanol–water partition coefficient (Wildman–Crippen LogP) is 2.35. The zero-order valence-electron chi connectivity index (χ0n) is 13.2. The molecule has 0 aliphatic carbocycles. The first kappa shape index (κ1) is 16.2. The fourth-order valence-electron chi connectivity index (χ4n) is 2.21. The van der Waals surface area contributed by atoms with Crippen molar-refractivity contribution in [3.8, 4) is 11.4 Å². The molecule has 2 heterocycles. The van der Waals surface area contributed by atoms with Gasteiger partial charge in [-0.3, -0.25) is 14.3 Å². The number of rotatable bonds is 6. The van der Waals surface area contributed by atoms with Crippen molar-refractivity contribution in [2.75, 3.05) is 0 Å². The minimum Gasteiger partial charge on any atom is -0.369 e. The number of aromatic nitrogens is 4. The van der Waals surface area contributed by atoms with Crippen molar-refractivity contribution < 1.29 is 4.79 Å². The highest BCUT2D eigenvalue weighted by Gasteiger charge is 2.19. The first-order valence-corrected chi connectivity index (χ1v) is 8.36. The number of carbonyl (C=O) groups excluding carboxylic acids is 1. The summed E-state index contributed by atoms with van der Waals surface area (Å²) >= 11 is 1.31. The van der Waals surface area contributed by atoms with E-state index < -0.39 is 0 Å². The van der Waals surface area contributed by atoms with Crippen LogP contribution in [0.5, 0.6) is 0 Å². The van der Waals surface area contributed by atoms with Crippen molar-refractivity contribution in [3.63, 3.8) is 0 Å². The predicted molar refractivity (Wildman–Crippen MR) is 93.3 cm³/mol. The Kier molecular flexibility index (Phi) is 4.90. The summed E-state index contributed by atoms with van der Waals surface area (Å²) in [6, 6.07) is 13.8. The third-order valence-corrected chi connectivity index (χ3v) is 4.60. The Morgan fingerprint density at radius 2 is 2.00 bits per heavy atom. The molecule has 0 saturated heterocycles. The minimum atomic E-state index is -0.384. The fraction of sp³-hybridized carbons (Fsp3) is 0.176. The molecule has 2 aromatic heterocycles. The van der Waals surface area contributed by atoms with Crippen LogP contribution in [0.15, 0.2) is 60.0 Å². The van der Waals surface area contributed by atoms with Gasteiger partial charge in [0.05, 0.1) is 11.8 Å². The third-order valence-electron chi connectivity index (χ3n) is 3.50. The molecule has 0 fully saturated rings. The highest BCUT2D eigenvalue weighted by atomic mass is 32.2. The molecule has 2 N–H and O–H groups in total. The van der Waals surface area contributed by atoms with Gasteiger partial charge in [0.25, 0.3) is 0 Å². The van der Waals surface area contributed by atoms with Gasteiger partial charge in [-0.1, -0.05) is 42.1 Å². The van der Waals surface area contributed by atoms with Gasteiger partial charge in [0.15, 0.2) is 11.0 Å². The highest BCUT2D eigenvalue weighted by Crippen LogP contribution is 2.27. The number of hydrogen-bond donors (Lipinski definition) is 1. The number of thioether (sulfide) groups is 1. The van der Waals surface area contributed by atoms with Crippen molar-refractivity contribution in [2.45, 2.75) is 23.9 Å². The van der Waals surface area contributed by atoms with Crippen LogP contribution in [0.3, 0.4) is 0 Å². The zero-order valence-corrected chi connectivity index (χ0v) is 14.0. The lowest BCUT2D eigenvalue weighted by molar-refractivity contribution is -0.117. The SMILES string of the molecule is C[C@H](Sc1nnc(-c2cccnc2)n1Cc1ccccc1)C(N)=O. The van der Waals surface area contributed by atoms with Crippen molar-refractivity contribution in [2.24, 2.45) is 5.73 Å². The molecule has 3 aromatic rings. The molecule has 0 radical (unpaired) electrons. The summed E-state index contributed by atoms with van der Waals surface area (Å²) in [6.45, 7) is 2.37. The van der Waals surface area contributed by atoms with E-state index in [-0.39, 0.29) is 11.2 Å². The third kappa shape index (κ3) is 3.62. The number of amides is 1. The standard InChI is InChI=1S/C17H17N5OS/c1-12(15(18)23)24-17-21-20-16(14-8-5-9-19-10-14)22(17)11-13-6-3-2-4-7-13/h2-10,12H,11H2,1H3,(H2,18,23)/t12-/m0/s1. The van der Waals surface area contributed by atoms with Crippen LogP contribution in [0.1, 0.15) is 12.5 Å². The van der Waals surface area contributed by atoms with Crippen LogP contribution in [-0.4, -0.2) is 30.9 Å². The van der Waals surface area contributed by atoms with Crippen LogP contribution < -0.4 is 5.73 Å². The van der Waals surface area contributed by atoms with Gasteiger partial charge in [0, 0.05) is 18.0 Å². The van der Waals surface area contributed by atoms with Gasteiger partial charge in [-0.25, -0.2) is 0 Å². The van der Waals surface area contributed by atoms with E-state index in [2.05, 4.69) is 15.2 Å². The van der Waals surface area contributed by atoms with Gasteiger partial charge >= 0.3 is 0 Å². The van der Waals surface area contributed by atoms with Crippen molar-refractivity contribution in [1.29, 1.82) is 0 Å². The lowest BCUT2D eigenvalue weighted by Gasteiger charge is -2.12. The molecule has 1 atom stereocenters. The van der Waals surface area contributed by atoms with Gasteiger partial charge in [-0.05, 0) is 24.6 Å². The summed E-state index contributed by atoms with van der Waals surface area (Å²) in [5.41, 5.74) is 7.37. The molecule has 3 rings (SSSR count). The molecule has 24 heavy (non-hydrogen) atoms. The fourth-order valence-corrected chi connectivity index (χ4v) is 3.01. The van der Waals surface area contributed by atoms with E-state index in [1.807, 2.05) is 47.0 Å². The summed E-state index contributed by atoms with van der Waals surface area (Å²) in [6.07, 6.45) is 3.46. The smallest absolute Gasteiger partial charge is 0.230 e. The highest BCUT2D eigenvalue weighted by molar-refractivity contribution is 8.00. The van der Waals surface area contributed by atoms with Gasteiger partial charge in [0.2, 0.25) is 5.91 Å². The molecule has 1 amide bonds. The topological polar surface area (TPSA) is 86.7 Å². The number of nitrogens with two attached hydrogens (primary N) is 1. The molecule has 122 valence electrons. The Hall–Kier alpha value is -2.67. The molecule has 0 spiro atoms. The van der Waals surface area contributed by atoms with Crippen molar-refractivity contribution >= 4 is 17.7 Å². The second kappa shape index (κ2) is 7.27. The van der Waals surface area contributed by atoms with Crippen LogP contribution in [0.25, 0.3) is 11.4 Å². The maximum atomic E-state index is 11.4. The Balaban J connectivity index is 2.00. The van der Waals surface area contributed by atoms with Gasteiger partial charge in [-0.2, -0.15) is 0 Å². The maximum Gasteiger partial charge on any atom is 0.230 e. The lowest BCUT2D eigenvalue weighted by Crippen LogP contribution is -2.23. The quantitative estimate of drug-likeness (QED) is 0.697. The first-order chi connectivity index (χ1) is 11.6. The molecule has 0 bridgehead atoms. The lowest BCUT2D eigenvalue weighted by atomic mass is 10.2. The van der Waals surface area contributed by atoms with Crippen molar-refractivity contribution in [3.05, 3.63) is 60.4 Å². The van der Waals surface area contributed by atoms with Gasteiger partial charge in [0.1, 0.15) is 0 Å². The van der Waals surface area contributed by atoms with E-state index in [0.29, 0.717) is 17.5 Å². The van der Waals surface area contributed by atoms with E-state index in [1.165, 1.54) is 11.8 Å². The minimum absolute atomic E-state index is 0.378. The number of hydrogen-bond acceptors (Lipinski definition) is 5. The summed E-state index contributed by atoms with van der Waals surface area (Å²) in [5, 5.41) is 8.82. The average molecular weight is 339 g/mol. The molecular formula is C17H17N5OS. The number of nitrogens with zero attached hydrogens (tertiary/aromatic N) is 4. The summed E-state index contributed by atoms with van der Waals surface area (Å²) < 4.78 is 1.98. The van der Waals surface area contributed by atoms with E-state index in [1.54, 1.807) is 19.3 Å². The van der Waals surface area contributed by atoms with E-state index >= 15 is 0 Å². The van der Waals surface area contributed by atoms with E-state index in [4.69, 9.17) is 5.73 Å². The summed E-state index contributed by atoms with van der Waals surface area (Å²) in [5.74, 6) is 0.336. The monoisotopic (exact) mass is 339 g/mol. The molecule has 0 saturated carbocycles. The van der Waals surface area contributed by atoms with Gasteiger partial charge in [-0.15, -0.1) is 10.2 Å². The van der Waals surface area contributed by atoms with Crippen LogP contribution in [0.4, 0.5) is 0 Å². The maximum absolute atomic E-state index is 11.4. The summed E-state index contributed by atoms with van der Waals surface area (Å²) in [4.78, 5) is 15.5. The van der Waals surface area contributed by atoms with Crippen LogP contribution in [-0.2, 0) is 11.3 Å². The first-order valence-electron chi connectivity index (χ1n) is 7.48. The average Bonchev–Trinajstić information content (AvgIpc) is 2.99. The molecule has 0 aliphatic rings. The van der Waals surface area contributed by atoms with E-state index in [0.717, 1.165) is 11.1 Å². The number of benzene rings is 1. The Labute approximate surface area is 144 Å². The number of carbonyl (C=O) groups is 1. The van der Waals surface area contributed by atoms with Crippen LogP contribution in [0.2, 0.25) is 0 Å². The molecule has 6 nitrogen and oxygen atoms in total. The molecule has 0 aliphatic heterocycles. The number of pyridine rings is 1. The van der Waals surface area contributed by atoms with Crippen LogP contribution >= 0.6 is 11.8 Å². The molecule has 7 heteroatoms. The Morgan fingerprint density at radius 3 is 2.67 bits per heavy atom. The second-order valence-corrected chi connectivity index (χ2v) is 6.59.